The van der Waals surface area contributed by atoms with Gasteiger partial charge >= 0.3 is 5.97 Å². The maximum Gasteiger partial charge on any atom is 0.338 e. The number of imidazole rings is 1. The molecule has 6 nitrogen and oxygen atoms in total. The number of carbonyl (C=O) groups is 2. The number of esters is 1. The molecule has 2 aromatic carbocycles. The second kappa shape index (κ2) is 8.70. The van der Waals surface area contributed by atoms with E-state index < -0.39 is 5.97 Å². The van der Waals surface area contributed by atoms with E-state index in [1.807, 2.05) is 48.7 Å². The van der Waals surface area contributed by atoms with Crippen molar-refractivity contribution in [3.63, 3.8) is 0 Å². The summed E-state index contributed by atoms with van der Waals surface area (Å²) in [5.74, 6) is 0.319. The summed E-state index contributed by atoms with van der Waals surface area (Å²) in [6.07, 6.45) is 4.33. The fourth-order valence-corrected chi connectivity index (χ4v) is 4.66. The van der Waals surface area contributed by atoms with E-state index in [0.717, 1.165) is 59.7 Å². The Morgan fingerprint density at radius 2 is 1.79 bits per heavy atom. The van der Waals surface area contributed by atoms with Crippen molar-refractivity contribution in [3.05, 3.63) is 76.7 Å². The predicted molar refractivity (Wildman–Crippen MR) is 128 cm³/mol. The molecule has 0 aliphatic heterocycles. The summed E-state index contributed by atoms with van der Waals surface area (Å²) in [6, 6.07) is 15.2. The van der Waals surface area contributed by atoms with E-state index in [0.29, 0.717) is 5.56 Å². The number of nitrogens with zero attached hydrogens (tertiary/aromatic N) is 2. The minimum Gasteiger partial charge on any atom is -0.462 e. The van der Waals surface area contributed by atoms with Crippen molar-refractivity contribution in [1.82, 2.24) is 14.5 Å². The zero-order valence-corrected chi connectivity index (χ0v) is 19.0. The van der Waals surface area contributed by atoms with Gasteiger partial charge in [0.15, 0.2) is 0 Å². The van der Waals surface area contributed by atoms with Crippen LogP contribution in [0, 0.1) is 13.8 Å². The first-order valence-corrected chi connectivity index (χ1v) is 11.5. The largest absolute Gasteiger partial charge is 0.462 e. The summed E-state index contributed by atoms with van der Waals surface area (Å²) < 4.78 is 7.27. The Labute approximate surface area is 192 Å². The number of ether oxygens (including phenoxy) is 1. The summed E-state index contributed by atoms with van der Waals surface area (Å²) >= 11 is 0. The van der Waals surface area contributed by atoms with Crippen LogP contribution < -0.4 is 0 Å². The van der Waals surface area contributed by atoms with E-state index in [9.17, 15) is 9.59 Å². The van der Waals surface area contributed by atoms with Crippen molar-refractivity contribution in [1.29, 1.82) is 0 Å². The third-order valence-corrected chi connectivity index (χ3v) is 6.50. The summed E-state index contributed by atoms with van der Waals surface area (Å²) in [4.78, 5) is 33.3. The van der Waals surface area contributed by atoms with Crippen LogP contribution in [0.4, 0.5) is 0 Å². The zero-order valence-electron chi connectivity index (χ0n) is 19.0. The number of H-pyrrole nitrogens is 1. The van der Waals surface area contributed by atoms with Crippen LogP contribution in [0.15, 0.2) is 48.5 Å². The van der Waals surface area contributed by atoms with Gasteiger partial charge in [-0.15, -0.1) is 0 Å². The van der Waals surface area contributed by atoms with Gasteiger partial charge in [-0.05, 0) is 63.3 Å². The van der Waals surface area contributed by atoms with E-state index in [2.05, 4.69) is 16.0 Å². The SMILES string of the molecule is Cc1nc(-c2ccc(C(=O)OCCC(=O)n3c4c(c5ccccc53)CCCC4)cc2)[nH]c1C. The third-order valence-electron chi connectivity index (χ3n) is 6.50. The smallest absolute Gasteiger partial charge is 0.338 e. The van der Waals surface area contributed by atoms with Crippen molar-refractivity contribution in [2.45, 2.75) is 46.0 Å². The van der Waals surface area contributed by atoms with Crippen LogP contribution in [0.2, 0.25) is 0 Å². The number of para-hydroxylation sites is 1. The number of nitrogens with one attached hydrogen (secondary N) is 1. The van der Waals surface area contributed by atoms with Crippen molar-refractivity contribution in [3.8, 4) is 11.4 Å². The normalized spacial score (nSPS) is 13.2. The monoisotopic (exact) mass is 441 g/mol. The second-order valence-corrected chi connectivity index (χ2v) is 8.64. The maximum absolute atomic E-state index is 13.1. The lowest BCUT2D eigenvalue weighted by molar-refractivity contribution is 0.0489. The van der Waals surface area contributed by atoms with E-state index in [4.69, 9.17) is 4.74 Å². The predicted octanol–water partition coefficient (Wildman–Crippen LogP) is 5.41. The first-order valence-electron chi connectivity index (χ1n) is 11.5. The first-order chi connectivity index (χ1) is 16.0. The molecule has 0 radical (unpaired) electrons. The van der Waals surface area contributed by atoms with Gasteiger partial charge in [0, 0.05) is 22.3 Å². The molecule has 4 aromatic rings. The first kappa shape index (κ1) is 21.2. The van der Waals surface area contributed by atoms with Crippen molar-refractivity contribution < 1.29 is 14.3 Å². The molecule has 2 heterocycles. The molecule has 6 heteroatoms. The number of hydrogen-bond donors (Lipinski definition) is 1. The fraction of sp³-hybridized carbons (Fsp3) is 0.296. The molecule has 0 unspecified atom stereocenters. The summed E-state index contributed by atoms with van der Waals surface area (Å²) in [6.45, 7) is 3.98. The number of aryl methyl sites for hydroxylation is 3. The van der Waals surface area contributed by atoms with Gasteiger partial charge in [0.2, 0.25) is 5.91 Å². The molecular formula is C27H27N3O3. The quantitative estimate of drug-likeness (QED) is 0.420. The molecule has 0 saturated heterocycles. The lowest BCUT2D eigenvalue weighted by Gasteiger charge is -2.15. The molecular weight excluding hydrogens is 414 g/mol. The zero-order chi connectivity index (χ0) is 22.9. The van der Waals surface area contributed by atoms with Crippen LogP contribution in [0.5, 0.6) is 0 Å². The Morgan fingerprint density at radius 1 is 1.03 bits per heavy atom. The van der Waals surface area contributed by atoms with Crippen molar-refractivity contribution in [2.24, 2.45) is 0 Å². The van der Waals surface area contributed by atoms with Crippen molar-refractivity contribution >= 4 is 22.8 Å². The summed E-state index contributed by atoms with van der Waals surface area (Å²) in [5.41, 5.74) is 6.71. The lowest BCUT2D eigenvalue weighted by atomic mass is 9.95. The van der Waals surface area contributed by atoms with Gasteiger partial charge in [-0.25, -0.2) is 9.78 Å². The van der Waals surface area contributed by atoms with Gasteiger partial charge in [-0.3, -0.25) is 9.36 Å². The van der Waals surface area contributed by atoms with Crippen LogP contribution in [-0.2, 0) is 17.6 Å². The molecule has 1 aliphatic rings. The summed E-state index contributed by atoms with van der Waals surface area (Å²) in [5, 5.41) is 1.17. The molecule has 2 aromatic heterocycles. The average Bonchev–Trinajstić information content (AvgIpc) is 3.36. The minimum atomic E-state index is -0.430. The molecule has 0 atom stereocenters. The van der Waals surface area contributed by atoms with Gasteiger partial charge in [0.25, 0.3) is 0 Å². The highest BCUT2D eigenvalue weighted by atomic mass is 16.5. The van der Waals surface area contributed by atoms with Crippen molar-refractivity contribution in [2.75, 3.05) is 6.61 Å². The van der Waals surface area contributed by atoms with E-state index >= 15 is 0 Å². The highest BCUT2D eigenvalue weighted by Gasteiger charge is 2.23. The van der Waals surface area contributed by atoms with Crippen LogP contribution in [-0.4, -0.2) is 33.0 Å². The molecule has 0 saturated carbocycles. The van der Waals surface area contributed by atoms with Crippen LogP contribution in [0.1, 0.15) is 57.1 Å². The number of hydrogen-bond acceptors (Lipinski definition) is 4. The van der Waals surface area contributed by atoms with E-state index in [1.54, 1.807) is 12.1 Å². The number of aromatic amines is 1. The maximum atomic E-state index is 13.1. The topological polar surface area (TPSA) is 77.0 Å². The van der Waals surface area contributed by atoms with Gasteiger partial charge in [-0.2, -0.15) is 0 Å². The Kier molecular flexibility index (Phi) is 5.58. The number of aromatic nitrogens is 3. The lowest BCUT2D eigenvalue weighted by Crippen LogP contribution is -2.18. The molecule has 1 aliphatic carbocycles. The number of rotatable bonds is 5. The third kappa shape index (κ3) is 3.97. The standard InChI is InChI=1S/C27H27N3O3/c1-17-18(2)29-26(28-17)19-11-13-20(14-12-19)27(32)33-16-15-25(31)30-23-9-5-3-7-21(23)22-8-4-6-10-24(22)30/h3,5,7,9,11-14H,4,6,8,10,15-16H2,1-2H3,(H,28,29). The Bertz CT molecular complexity index is 1330. The average molecular weight is 442 g/mol. The molecule has 168 valence electrons. The number of benzene rings is 2. The van der Waals surface area contributed by atoms with Crippen LogP contribution in [0.25, 0.3) is 22.3 Å². The highest BCUT2D eigenvalue weighted by Crippen LogP contribution is 2.32. The van der Waals surface area contributed by atoms with Gasteiger partial charge < -0.3 is 9.72 Å². The van der Waals surface area contributed by atoms with Crippen LogP contribution >= 0.6 is 0 Å². The van der Waals surface area contributed by atoms with Gasteiger partial charge in [-0.1, -0.05) is 30.3 Å². The second-order valence-electron chi connectivity index (χ2n) is 8.64. The Hall–Kier alpha value is -3.67. The fourth-order valence-electron chi connectivity index (χ4n) is 4.66. The highest BCUT2D eigenvalue weighted by molar-refractivity contribution is 5.96. The molecule has 0 spiro atoms. The molecule has 5 rings (SSSR count). The van der Waals surface area contributed by atoms with Crippen LogP contribution in [0.3, 0.4) is 0 Å². The van der Waals surface area contributed by atoms with E-state index in [-0.39, 0.29) is 18.9 Å². The van der Waals surface area contributed by atoms with E-state index in [1.165, 1.54) is 10.9 Å². The minimum absolute atomic E-state index is 0.0268. The molecule has 33 heavy (non-hydrogen) atoms. The number of carbonyl (C=O) groups excluding carboxylic acids is 2. The Morgan fingerprint density at radius 3 is 2.55 bits per heavy atom. The van der Waals surface area contributed by atoms with Gasteiger partial charge in [0.05, 0.1) is 23.2 Å². The molecule has 1 N–H and O–H groups in total. The Balaban J connectivity index is 1.25. The molecule has 0 fully saturated rings. The number of fused-ring (bicyclic) bond motifs is 3. The van der Waals surface area contributed by atoms with Gasteiger partial charge in [0.1, 0.15) is 12.4 Å². The molecule has 0 bridgehead atoms. The summed E-state index contributed by atoms with van der Waals surface area (Å²) in [7, 11) is 0. The molecule has 0 amide bonds.